The molecular weight excluding hydrogens is 386 g/mol. The first-order valence-corrected chi connectivity index (χ1v) is 10.1. The number of aliphatic hydroxyl groups is 2. The number of non-ortho nitro benzene ring substituents is 1. The standard InChI is InChI=1S/C23H29NO6/c25-17-22(26)18-29-14-6-1-2-7-15-30-23-16-21(24(27)28)13-12-20(23)11-10-19-8-4-3-5-9-19/h3-5,8-13,16,22,25-26H,1-2,6-7,14-15,17-18H2. The monoisotopic (exact) mass is 415 g/mol. The molecule has 0 aliphatic carbocycles. The first kappa shape index (κ1) is 23.5. The van der Waals surface area contributed by atoms with Gasteiger partial charge in [-0.2, -0.15) is 0 Å². The van der Waals surface area contributed by atoms with Crippen molar-refractivity contribution in [2.75, 3.05) is 26.4 Å². The number of nitro groups is 1. The minimum atomic E-state index is -0.821. The summed E-state index contributed by atoms with van der Waals surface area (Å²) in [7, 11) is 0. The average Bonchev–Trinajstić information content (AvgIpc) is 2.77. The second kappa shape index (κ2) is 13.5. The molecule has 0 spiro atoms. The van der Waals surface area contributed by atoms with Gasteiger partial charge in [0.05, 0.1) is 30.8 Å². The van der Waals surface area contributed by atoms with E-state index < -0.39 is 11.0 Å². The van der Waals surface area contributed by atoms with Crippen molar-refractivity contribution in [3.8, 4) is 5.75 Å². The third-order valence-corrected chi connectivity index (χ3v) is 4.42. The van der Waals surface area contributed by atoms with E-state index >= 15 is 0 Å². The zero-order chi connectivity index (χ0) is 21.6. The first-order chi connectivity index (χ1) is 14.6. The maximum atomic E-state index is 11.1. The maximum absolute atomic E-state index is 11.1. The highest BCUT2D eigenvalue weighted by molar-refractivity contribution is 5.73. The van der Waals surface area contributed by atoms with Gasteiger partial charge in [-0.25, -0.2) is 0 Å². The Bertz CT molecular complexity index is 794. The summed E-state index contributed by atoms with van der Waals surface area (Å²) in [4.78, 5) is 10.7. The van der Waals surface area contributed by atoms with Crippen LogP contribution in [-0.2, 0) is 4.74 Å². The number of aliphatic hydroxyl groups excluding tert-OH is 2. The number of nitrogens with zero attached hydrogens (tertiary/aromatic N) is 1. The molecule has 0 saturated heterocycles. The van der Waals surface area contributed by atoms with Gasteiger partial charge in [-0.1, -0.05) is 48.9 Å². The van der Waals surface area contributed by atoms with E-state index in [4.69, 9.17) is 14.6 Å². The molecule has 30 heavy (non-hydrogen) atoms. The Hall–Kier alpha value is -2.74. The number of hydrogen-bond acceptors (Lipinski definition) is 6. The fourth-order valence-corrected chi connectivity index (χ4v) is 2.76. The molecule has 0 fully saturated rings. The topological polar surface area (TPSA) is 102 Å². The fourth-order valence-electron chi connectivity index (χ4n) is 2.76. The molecule has 162 valence electrons. The maximum Gasteiger partial charge on any atom is 0.273 e. The van der Waals surface area contributed by atoms with Gasteiger partial charge in [-0.05, 0) is 30.9 Å². The van der Waals surface area contributed by atoms with Crippen molar-refractivity contribution in [1.29, 1.82) is 0 Å². The molecule has 0 radical (unpaired) electrons. The number of ether oxygens (including phenoxy) is 2. The Kier molecular flexibility index (Phi) is 10.6. The lowest BCUT2D eigenvalue weighted by atomic mass is 10.1. The van der Waals surface area contributed by atoms with Crippen molar-refractivity contribution in [2.45, 2.75) is 31.8 Å². The van der Waals surface area contributed by atoms with Gasteiger partial charge in [0.1, 0.15) is 11.9 Å². The molecule has 0 heterocycles. The summed E-state index contributed by atoms with van der Waals surface area (Å²) < 4.78 is 11.1. The van der Waals surface area contributed by atoms with E-state index in [0.29, 0.717) is 19.0 Å². The van der Waals surface area contributed by atoms with Crippen molar-refractivity contribution in [1.82, 2.24) is 0 Å². The van der Waals surface area contributed by atoms with Gasteiger partial charge in [-0.3, -0.25) is 10.1 Å². The van der Waals surface area contributed by atoms with Gasteiger partial charge in [0.25, 0.3) is 5.69 Å². The zero-order valence-corrected chi connectivity index (χ0v) is 17.0. The van der Waals surface area contributed by atoms with Gasteiger partial charge in [0, 0.05) is 18.2 Å². The van der Waals surface area contributed by atoms with Crippen LogP contribution in [0.1, 0.15) is 36.8 Å². The predicted octanol–water partition coefficient (Wildman–Crippen LogP) is 4.07. The molecule has 2 N–H and O–H groups in total. The quantitative estimate of drug-likeness (QED) is 0.209. The van der Waals surface area contributed by atoms with E-state index in [0.717, 1.165) is 36.8 Å². The second-order valence-electron chi connectivity index (χ2n) is 6.90. The van der Waals surface area contributed by atoms with E-state index in [1.54, 1.807) is 6.07 Å². The number of benzene rings is 2. The van der Waals surface area contributed by atoms with Crippen molar-refractivity contribution < 1.29 is 24.6 Å². The molecule has 0 aliphatic heterocycles. The molecular formula is C23H29NO6. The summed E-state index contributed by atoms with van der Waals surface area (Å²) >= 11 is 0. The van der Waals surface area contributed by atoms with Crippen LogP contribution < -0.4 is 4.74 Å². The SMILES string of the molecule is O=[N+]([O-])c1ccc(C=Cc2ccccc2)c(OCCCCCCOCC(O)CO)c1. The van der Waals surface area contributed by atoms with Crippen LogP contribution in [0.4, 0.5) is 5.69 Å². The Balaban J connectivity index is 1.81. The highest BCUT2D eigenvalue weighted by Crippen LogP contribution is 2.27. The molecule has 2 rings (SSSR count). The lowest BCUT2D eigenvalue weighted by Gasteiger charge is -2.10. The van der Waals surface area contributed by atoms with Gasteiger partial charge in [0.2, 0.25) is 0 Å². The van der Waals surface area contributed by atoms with E-state index in [1.807, 2.05) is 42.5 Å². The minimum absolute atomic E-state index is 0.00377. The first-order valence-electron chi connectivity index (χ1n) is 10.1. The molecule has 1 unspecified atom stereocenters. The summed E-state index contributed by atoms with van der Waals surface area (Å²) in [5.74, 6) is 0.498. The molecule has 1 atom stereocenters. The van der Waals surface area contributed by atoms with Gasteiger partial charge in [-0.15, -0.1) is 0 Å². The lowest BCUT2D eigenvalue weighted by molar-refractivity contribution is -0.384. The molecule has 2 aromatic rings. The molecule has 0 bridgehead atoms. The Labute approximate surface area is 176 Å². The van der Waals surface area contributed by atoms with Crippen molar-refractivity contribution in [3.63, 3.8) is 0 Å². The van der Waals surface area contributed by atoms with Gasteiger partial charge < -0.3 is 19.7 Å². The number of nitro benzene ring substituents is 1. The van der Waals surface area contributed by atoms with Crippen LogP contribution in [0.2, 0.25) is 0 Å². The smallest absolute Gasteiger partial charge is 0.273 e. The third kappa shape index (κ3) is 8.73. The predicted molar refractivity (Wildman–Crippen MR) is 116 cm³/mol. The average molecular weight is 415 g/mol. The van der Waals surface area contributed by atoms with Crippen LogP contribution in [-0.4, -0.2) is 47.7 Å². The van der Waals surface area contributed by atoms with Crippen molar-refractivity contribution in [3.05, 3.63) is 69.8 Å². The fraction of sp³-hybridized carbons (Fsp3) is 0.391. The van der Waals surface area contributed by atoms with Crippen LogP contribution in [0.25, 0.3) is 12.2 Å². The summed E-state index contributed by atoms with van der Waals surface area (Å²) in [6.45, 7) is 0.859. The second-order valence-corrected chi connectivity index (χ2v) is 6.90. The molecule has 0 aromatic heterocycles. The normalized spacial score (nSPS) is 12.2. The van der Waals surface area contributed by atoms with E-state index in [9.17, 15) is 15.2 Å². The summed E-state index contributed by atoms with van der Waals surface area (Å²) in [6.07, 6.45) is 6.60. The number of rotatable bonds is 14. The van der Waals surface area contributed by atoms with Crippen molar-refractivity contribution in [2.24, 2.45) is 0 Å². The van der Waals surface area contributed by atoms with Crippen LogP contribution in [0.3, 0.4) is 0 Å². The molecule has 0 amide bonds. The van der Waals surface area contributed by atoms with Crippen LogP contribution >= 0.6 is 0 Å². The molecule has 2 aromatic carbocycles. The van der Waals surface area contributed by atoms with Crippen LogP contribution in [0.15, 0.2) is 48.5 Å². The van der Waals surface area contributed by atoms with Gasteiger partial charge in [0.15, 0.2) is 0 Å². The Morgan fingerprint density at radius 2 is 1.73 bits per heavy atom. The summed E-state index contributed by atoms with van der Waals surface area (Å²) in [6, 6.07) is 14.5. The van der Waals surface area contributed by atoms with E-state index in [2.05, 4.69) is 0 Å². The Morgan fingerprint density at radius 3 is 2.43 bits per heavy atom. The summed E-state index contributed by atoms with van der Waals surface area (Å²) in [5.41, 5.74) is 1.83. The third-order valence-electron chi connectivity index (χ3n) is 4.42. The molecule has 7 heteroatoms. The number of unbranched alkanes of at least 4 members (excludes halogenated alkanes) is 3. The lowest BCUT2D eigenvalue weighted by Crippen LogP contribution is -2.19. The molecule has 0 saturated carbocycles. The molecule has 0 aliphatic rings. The van der Waals surface area contributed by atoms with Crippen molar-refractivity contribution >= 4 is 17.8 Å². The number of hydrogen-bond donors (Lipinski definition) is 2. The largest absolute Gasteiger partial charge is 0.493 e. The summed E-state index contributed by atoms with van der Waals surface area (Å²) in [5, 5.41) is 29.0. The van der Waals surface area contributed by atoms with Gasteiger partial charge >= 0.3 is 0 Å². The highest BCUT2D eigenvalue weighted by Gasteiger charge is 2.10. The minimum Gasteiger partial charge on any atom is -0.493 e. The van der Waals surface area contributed by atoms with E-state index in [-0.39, 0.29) is 18.9 Å². The van der Waals surface area contributed by atoms with E-state index in [1.165, 1.54) is 12.1 Å². The van der Waals surface area contributed by atoms with Crippen LogP contribution in [0, 0.1) is 10.1 Å². The Morgan fingerprint density at radius 1 is 1.00 bits per heavy atom. The highest BCUT2D eigenvalue weighted by atomic mass is 16.6. The van der Waals surface area contributed by atoms with Crippen LogP contribution in [0.5, 0.6) is 5.75 Å². The zero-order valence-electron chi connectivity index (χ0n) is 17.0. The molecule has 7 nitrogen and oxygen atoms in total.